The fraction of sp³-hybridized carbons (Fsp3) is 0.450. The second-order valence-corrected chi connectivity index (χ2v) is 9.77. The van der Waals surface area contributed by atoms with Crippen LogP contribution in [-0.4, -0.2) is 64.3 Å². The highest BCUT2D eigenvalue weighted by Crippen LogP contribution is 2.44. The predicted octanol–water partition coefficient (Wildman–Crippen LogP) is 0.906. The van der Waals surface area contributed by atoms with Gasteiger partial charge in [-0.2, -0.15) is 16.7 Å². The van der Waals surface area contributed by atoms with Crippen molar-refractivity contribution in [3.63, 3.8) is 0 Å². The first-order valence-corrected chi connectivity index (χ1v) is 11.8. The molecular weight excluding hydrogens is 462 g/mol. The van der Waals surface area contributed by atoms with E-state index in [1.54, 1.807) is 24.2 Å². The maximum atomic E-state index is 12.1. The van der Waals surface area contributed by atoms with Gasteiger partial charge in [-0.05, 0) is 19.9 Å². The highest BCUT2D eigenvalue weighted by Gasteiger charge is 2.56. The number of aromatic amines is 2. The summed E-state index contributed by atoms with van der Waals surface area (Å²) in [6.07, 6.45) is 1.72. The van der Waals surface area contributed by atoms with Gasteiger partial charge in [0.25, 0.3) is 5.56 Å². The van der Waals surface area contributed by atoms with E-state index in [0.717, 1.165) is 5.69 Å². The number of imidazole rings is 1. The van der Waals surface area contributed by atoms with Crippen LogP contribution >= 0.6 is 11.8 Å². The number of nitrogens with zero attached hydrogens (tertiary/aromatic N) is 5. The van der Waals surface area contributed by atoms with Crippen LogP contribution in [0, 0.1) is 0 Å². The lowest BCUT2D eigenvalue weighted by Crippen LogP contribution is -2.31. The van der Waals surface area contributed by atoms with Crippen molar-refractivity contribution in [3.05, 3.63) is 34.8 Å². The molecule has 4 atom stereocenters. The van der Waals surface area contributed by atoms with Crippen LogP contribution in [0.3, 0.4) is 0 Å². The molecule has 0 amide bonds. The van der Waals surface area contributed by atoms with Gasteiger partial charge in [-0.15, -0.1) is 0 Å². The number of anilines is 2. The van der Waals surface area contributed by atoms with Crippen molar-refractivity contribution in [3.8, 4) is 0 Å². The lowest BCUT2D eigenvalue weighted by Gasteiger charge is -2.24. The molecule has 4 aromatic heterocycles. The zero-order chi connectivity index (χ0) is 23.6. The fourth-order valence-electron chi connectivity index (χ4n) is 4.53. The summed E-state index contributed by atoms with van der Waals surface area (Å²) in [6.45, 7) is 3.78. The van der Waals surface area contributed by atoms with E-state index in [0.29, 0.717) is 39.5 Å². The highest BCUT2D eigenvalue weighted by molar-refractivity contribution is 7.98. The van der Waals surface area contributed by atoms with Gasteiger partial charge in [-0.1, -0.05) is 0 Å². The Hall–Kier alpha value is -3.20. The number of thioether (sulfide) groups is 1. The molecule has 0 radical (unpaired) electrons. The Morgan fingerprint density at radius 2 is 2.00 bits per heavy atom. The van der Waals surface area contributed by atoms with E-state index in [4.69, 9.17) is 25.7 Å². The van der Waals surface area contributed by atoms with Gasteiger partial charge in [0.2, 0.25) is 5.95 Å². The van der Waals surface area contributed by atoms with Crippen molar-refractivity contribution in [2.45, 2.75) is 49.9 Å². The smallest absolute Gasteiger partial charge is 0.261 e. The summed E-state index contributed by atoms with van der Waals surface area (Å²) in [5.74, 6) is 0.911. The molecular formula is C20H23N9O4S. The molecule has 6 rings (SSSR count). The Balaban J connectivity index is 1.21. The summed E-state index contributed by atoms with van der Waals surface area (Å²) < 4.78 is 20.6. The standard InChI is InChI=1S/C20H23N9O4S/c1-20(2)32-12-10(5-34-4-8-3-9-15(26-8)27-19(22)28-17(9)30)31-18(13(12)33-20)29-7-25-11-14(21)23-6-24-16(11)29/h3,6-7,10,12-13,18H,4-5H2,1-2H3,(H2,21,23,24)(H4,22,26,27,28,30)/t10-,12-,13-,18-/m1/s1. The van der Waals surface area contributed by atoms with Gasteiger partial charge >= 0.3 is 0 Å². The average molecular weight is 486 g/mol. The molecule has 0 saturated carbocycles. The van der Waals surface area contributed by atoms with Crippen molar-refractivity contribution in [1.29, 1.82) is 0 Å². The molecule has 34 heavy (non-hydrogen) atoms. The van der Waals surface area contributed by atoms with Crippen molar-refractivity contribution >= 4 is 45.7 Å². The maximum Gasteiger partial charge on any atom is 0.261 e. The minimum absolute atomic E-state index is 0.0787. The Labute approximate surface area is 196 Å². The Kier molecular flexibility index (Phi) is 4.81. The Morgan fingerprint density at radius 1 is 1.18 bits per heavy atom. The predicted molar refractivity (Wildman–Crippen MR) is 125 cm³/mol. The number of nitrogens with one attached hydrogen (secondary N) is 2. The summed E-state index contributed by atoms with van der Waals surface area (Å²) in [5.41, 5.74) is 13.7. The normalized spacial score (nSPS) is 25.9. The van der Waals surface area contributed by atoms with Crippen LogP contribution in [0.5, 0.6) is 0 Å². The van der Waals surface area contributed by atoms with Crippen LogP contribution in [0.1, 0.15) is 25.8 Å². The molecule has 0 aliphatic carbocycles. The number of aromatic nitrogens is 7. The number of hydrogen-bond donors (Lipinski definition) is 4. The quantitative estimate of drug-likeness (QED) is 0.315. The number of rotatable bonds is 5. The third-order valence-corrected chi connectivity index (χ3v) is 6.98. The highest BCUT2D eigenvalue weighted by atomic mass is 32.2. The minimum atomic E-state index is -0.742. The van der Waals surface area contributed by atoms with Gasteiger partial charge in [0.05, 0.1) is 17.8 Å². The Bertz CT molecular complexity index is 1450. The first-order valence-electron chi connectivity index (χ1n) is 10.7. The number of H-pyrrole nitrogens is 2. The van der Waals surface area contributed by atoms with Gasteiger partial charge in [-0.3, -0.25) is 14.3 Å². The molecule has 0 unspecified atom stereocenters. The lowest BCUT2D eigenvalue weighted by molar-refractivity contribution is -0.193. The van der Waals surface area contributed by atoms with E-state index < -0.39 is 12.0 Å². The first-order chi connectivity index (χ1) is 16.3. The van der Waals surface area contributed by atoms with E-state index in [9.17, 15) is 4.79 Å². The van der Waals surface area contributed by atoms with Crippen LogP contribution in [0.25, 0.3) is 22.2 Å². The molecule has 6 N–H and O–H groups in total. The van der Waals surface area contributed by atoms with Gasteiger partial charge in [0, 0.05) is 17.2 Å². The molecule has 2 aliphatic rings. The van der Waals surface area contributed by atoms with E-state index in [-0.39, 0.29) is 29.8 Å². The van der Waals surface area contributed by atoms with E-state index in [1.165, 1.54) is 6.33 Å². The van der Waals surface area contributed by atoms with Crippen LogP contribution in [-0.2, 0) is 20.0 Å². The van der Waals surface area contributed by atoms with Crippen molar-refractivity contribution in [1.82, 2.24) is 34.5 Å². The monoisotopic (exact) mass is 485 g/mol. The molecule has 0 bridgehead atoms. The third-order valence-electron chi connectivity index (χ3n) is 5.90. The van der Waals surface area contributed by atoms with Crippen LogP contribution in [0.4, 0.5) is 11.8 Å². The van der Waals surface area contributed by atoms with Gasteiger partial charge < -0.3 is 30.7 Å². The number of nitrogens with two attached hydrogens (primary N) is 2. The topological polar surface area (TPSA) is 185 Å². The van der Waals surface area contributed by atoms with Gasteiger partial charge in [0.1, 0.15) is 29.7 Å². The average Bonchev–Trinajstić information content (AvgIpc) is 3.51. The number of ether oxygens (including phenoxy) is 3. The van der Waals surface area contributed by atoms with E-state index in [1.807, 2.05) is 18.4 Å². The second-order valence-electron chi connectivity index (χ2n) is 8.74. The molecule has 13 nitrogen and oxygen atoms in total. The molecule has 0 spiro atoms. The second kappa shape index (κ2) is 7.66. The largest absolute Gasteiger partial charge is 0.382 e. The summed E-state index contributed by atoms with van der Waals surface area (Å²) in [6, 6.07) is 1.79. The fourth-order valence-corrected chi connectivity index (χ4v) is 5.52. The maximum absolute atomic E-state index is 12.1. The third kappa shape index (κ3) is 3.50. The van der Waals surface area contributed by atoms with E-state index in [2.05, 4.69) is 29.9 Å². The van der Waals surface area contributed by atoms with Crippen LogP contribution < -0.4 is 17.0 Å². The molecule has 14 heteroatoms. The Morgan fingerprint density at radius 3 is 2.85 bits per heavy atom. The zero-order valence-electron chi connectivity index (χ0n) is 18.4. The van der Waals surface area contributed by atoms with Crippen molar-refractivity contribution in [2.75, 3.05) is 17.2 Å². The van der Waals surface area contributed by atoms with Crippen molar-refractivity contribution in [2.24, 2.45) is 0 Å². The summed E-state index contributed by atoms with van der Waals surface area (Å²) in [7, 11) is 0. The van der Waals surface area contributed by atoms with Crippen LogP contribution in [0.2, 0.25) is 0 Å². The number of hydrogen-bond acceptors (Lipinski definition) is 11. The number of nitrogen functional groups attached to an aromatic ring is 2. The summed E-state index contributed by atoms with van der Waals surface area (Å²) in [5, 5.41) is 0.476. The molecule has 178 valence electrons. The molecule has 2 fully saturated rings. The molecule has 4 aromatic rings. The molecule has 2 saturated heterocycles. The molecule has 6 heterocycles. The van der Waals surface area contributed by atoms with Gasteiger partial charge in [0.15, 0.2) is 23.5 Å². The van der Waals surface area contributed by atoms with Crippen LogP contribution in [0.15, 0.2) is 23.5 Å². The zero-order valence-corrected chi connectivity index (χ0v) is 19.2. The lowest BCUT2D eigenvalue weighted by atomic mass is 10.1. The molecule has 2 aliphatic heterocycles. The number of fused-ring (bicyclic) bond motifs is 3. The summed E-state index contributed by atoms with van der Waals surface area (Å²) >= 11 is 1.65. The van der Waals surface area contributed by atoms with Crippen molar-refractivity contribution < 1.29 is 14.2 Å². The SMILES string of the molecule is CC1(C)O[C@@H]2[C@H](O1)[C@@H](CSCc1cc3c(=O)[nH]c(N)nc3[nH]1)O[C@H]2n1cnc2c(N)ncnc21. The summed E-state index contributed by atoms with van der Waals surface area (Å²) in [4.78, 5) is 34.6. The minimum Gasteiger partial charge on any atom is -0.382 e. The van der Waals surface area contributed by atoms with E-state index >= 15 is 0 Å². The first kappa shape index (κ1) is 21.3. The molecule has 0 aromatic carbocycles. The van der Waals surface area contributed by atoms with Gasteiger partial charge in [-0.25, -0.2) is 15.0 Å².